The van der Waals surface area contributed by atoms with Gasteiger partial charge in [0.05, 0.1) is 0 Å². The highest BCUT2D eigenvalue weighted by molar-refractivity contribution is 5.74. The summed E-state index contributed by atoms with van der Waals surface area (Å²) in [6, 6.07) is 8.40. The van der Waals surface area contributed by atoms with Crippen LogP contribution in [-0.4, -0.2) is 39.2 Å². The van der Waals surface area contributed by atoms with Crippen molar-refractivity contribution in [1.29, 1.82) is 0 Å². The molecule has 2 aromatic rings. The van der Waals surface area contributed by atoms with E-state index in [4.69, 9.17) is 0 Å². The number of piperidine rings is 1. The zero-order chi connectivity index (χ0) is 16.9. The Balaban J connectivity index is 1.52. The van der Waals surface area contributed by atoms with Gasteiger partial charge in [-0.3, -0.25) is 4.98 Å². The third-order valence-electron chi connectivity index (χ3n) is 4.40. The Bertz CT molecular complexity index is 698. The van der Waals surface area contributed by atoms with Gasteiger partial charge in [-0.25, -0.2) is 4.79 Å². The number of aromatic nitrogens is 1. The highest BCUT2D eigenvalue weighted by atomic mass is 16.3. The lowest BCUT2D eigenvalue weighted by Crippen LogP contribution is -2.43. The summed E-state index contributed by atoms with van der Waals surface area (Å²) < 4.78 is 0. The lowest BCUT2D eigenvalue weighted by atomic mass is 9.89. The summed E-state index contributed by atoms with van der Waals surface area (Å²) in [5.74, 6) is 0.380. The summed E-state index contributed by atoms with van der Waals surface area (Å²) in [6.07, 6.45) is 5.02. The van der Waals surface area contributed by atoms with E-state index in [0.717, 1.165) is 24.0 Å². The molecule has 0 aliphatic carbocycles. The number of hydrogen-bond donors (Lipinski definition) is 3. The monoisotopic (exact) mass is 327 g/mol. The number of benzene rings is 1. The summed E-state index contributed by atoms with van der Waals surface area (Å²) in [5.41, 5.74) is 1.80. The number of likely N-dealkylation sites (tertiary alicyclic amines) is 1. The zero-order valence-corrected chi connectivity index (χ0v) is 13.4. The van der Waals surface area contributed by atoms with E-state index >= 15 is 0 Å². The molecule has 6 nitrogen and oxygen atoms in total. The average Bonchev–Trinajstić information content (AvgIpc) is 2.61. The van der Waals surface area contributed by atoms with Crippen LogP contribution in [0.15, 0.2) is 42.7 Å². The van der Waals surface area contributed by atoms with Crippen molar-refractivity contribution in [2.24, 2.45) is 0 Å². The quantitative estimate of drug-likeness (QED) is 0.809. The van der Waals surface area contributed by atoms with E-state index in [2.05, 4.69) is 10.3 Å². The van der Waals surface area contributed by atoms with Crippen LogP contribution < -0.4 is 5.32 Å². The van der Waals surface area contributed by atoms with Gasteiger partial charge < -0.3 is 20.4 Å². The predicted octanol–water partition coefficient (Wildman–Crippen LogP) is 2.58. The molecule has 1 aromatic carbocycles. The van der Waals surface area contributed by atoms with Crippen LogP contribution in [0.5, 0.6) is 11.5 Å². The molecule has 1 fully saturated rings. The summed E-state index contributed by atoms with van der Waals surface area (Å²) in [7, 11) is 0. The first-order valence-electron chi connectivity index (χ1n) is 8.07. The zero-order valence-electron chi connectivity index (χ0n) is 13.4. The molecule has 1 aliphatic heterocycles. The summed E-state index contributed by atoms with van der Waals surface area (Å²) in [5, 5.41) is 22.3. The normalized spacial score (nSPS) is 15.2. The standard InChI is InChI=1S/C18H21N3O3/c22-15-3-4-16(17(23)10-15)14-5-8-21(9-6-14)18(24)20-12-13-2-1-7-19-11-13/h1-4,7,10-11,14,22-23H,5-6,8-9,12H2,(H,20,24). The number of rotatable bonds is 3. The van der Waals surface area contributed by atoms with Gasteiger partial charge in [0.25, 0.3) is 0 Å². The molecule has 0 spiro atoms. The van der Waals surface area contributed by atoms with Gasteiger partial charge >= 0.3 is 6.03 Å². The second-order valence-corrected chi connectivity index (χ2v) is 6.02. The Hall–Kier alpha value is -2.76. The molecule has 2 heterocycles. The minimum absolute atomic E-state index is 0.0588. The topological polar surface area (TPSA) is 85.7 Å². The molecular formula is C18H21N3O3. The van der Waals surface area contributed by atoms with Crippen LogP contribution in [0.25, 0.3) is 0 Å². The van der Waals surface area contributed by atoms with Crippen molar-refractivity contribution in [3.05, 3.63) is 53.9 Å². The van der Waals surface area contributed by atoms with Gasteiger partial charge in [0.1, 0.15) is 11.5 Å². The lowest BCUT2D eigenvalue weighted by Gasteiger charge is -2.32. The fourth-order valence-corrected chi connectivity index (χ4v) is 3.06. The van der Waals surface area contributed by atoms with E-state index < -0.39 is 0 Å². The molecule has 0 bridgehead atoms. The van der Waals surface area contributed by atoms with Gasteiger partial charge in [0, 0.05) is 38.1 Å². The number of hydrogen-bond acceptors (Lipinski definition) is 4. The van der Waals surface area contributed by atoms with Crippen molar-refractivity contribution >= 4 is 6.03 Å². The van der Waals surface area contributed by atoms with Crippen LogP contribution in [0.4, 0.5) is 4.79 Å². The van der Waals surface area contributed by atoms with Crippen LogP contribution >= 0.6 is 0 Å². The molecule has 1 saturated heterocycles. The van der Waals surface area contributed by atoms with Crippen molar-refractivity contribution in [3.63, 3.8) is 0 Å². The molecule has 1 aromatic heterocycles. The van der Waals surface area contributed by atoms with Crippen LogP contribution in [0.3, 0.4) is 0 Å². The summed E-state index contributed by atoms with van der Waals surface area (Å²) in [4.78, 5) is 18.1. The minimum atomic E-state index is -0.0766. The first kappa shape index (κ1) is 16.1. The van der Waals surface area contributed by atoms with Crippen molar-refractivity contribution in [2.45, 2.75) is 25.3 Å². The lowest BCUT2D eigenvalue weighted by molar-refractivity contribution is 0.180. The number of amides is 2. The Morgan fingerprint density at radius 3 is 2.71 bits per heavy atom. The van der Waals surface area contributed by atoms with Gasteiger partial charge in [-0.15, -0.1) is 0 Å². The second-order valence-electron chi connectivity index (χ2n) is 6.02. The third kappa shape index (κ3) is 3.76. The highest BCUT2D eigenvalue weighted by Gasteiger charge is 2.25. The average molecular weight is 327 g/mol. The Labute approximate surface area is 140 Å². The van der Waals surface area contributed by atoms with Gasteiger partial charge in [0.2, 0.25) is 0 Å². The first-order valence-corrected chi connectivity index (χ1v) is 8.07. The Morgan fingerprint density at radius 2 is 2.04 bits per heavy atom. The molecule has 0 saturated carbocycles. The molecule has 0 atom stereocenters. The SMILES string of the molecule is O=C(NCc1cccnc1)N1CCC(c2ccc(O)cc2O)CC1. The molecule has 2 amide bonds. The number of carbonyl (C=O) groups excluding carboxylic acids is 1. The van der Waals surface area contributed by atoms with Gasteiger partial charge in [-0.2, -0.15) is 0 Å². The number of phenolic OH excluding ortho intramolecular Hbond substituents is 2. The van der Waals surface area contributed by atoms with Gasteiger partial charge in [-0.1, -0.05) is 12.1 Å². The van der Waals surface area contributed by atoms with E-state index in [-0.39, 0.29) is 23.4 Å². The van der Waals surface area contributed by atoms with Crippen molar-refractivity contribution < 1.29 is 15.0 Å². The van der Waals surface area contributed by atoms with Crippen LogP contribution in [-0.2, 0) is 6.54 Å². The molecule has 0 radical (unpaired) electrons. The van der Waals surface area contributed by atoms with E-state index in [1.54, 1.807) is 29.4 Å². The predicted molar refractivity (Wildman–Crippen MR) is 89.8 cm³/mol. The summed E-state index contributed by atoms with van der Waals surface area (Å²) >= 11 is 0. The molecular weight excluding hydrogens is 306 g/mol. The molecule has 24 heavy (non-hydrogen) atoms. The maximum Gasteiger partial charge on any atom is 0.317 e. The number of nitrogens with zero attached hydrogens (tertiary/aromatic N) is 2. The second kappa shape index (κ2) is 7.21. The number of aromatic hydroxyl groups is 2. The number of urea groups is 1. The molecule has 3 rings (SSSR count). The van der Waals surface area contributed by atoms with Crippen molar-refractivity contribution in [1.82, 2.24) is 15.2 Å². The fraction of sp³-hybridized carbons (Fsp3) is 0.333. The van der Waals surface area contributed by atoms with Crippen LogP contribution in [0, 0.1) is 0 Å². The van der Waals surface area contributed by atoms with Crippen LogP contribution in [0.1, 0.15) is 29.9 Å². The summed E-state index contributed by atoms with van der Waals surface area (Å²) in [6.45, 7) is 1.75. The third-order valence-corrected chi connectivity index (χ3v) is 4.40. The maximum absolute atomic E-state index is 12.2. The van der Waals surface area contributed by atoms with E-state index in [9.17, 15) is 15.0 Å². The minimum Gasteiger partial charge on any atom is -0.508 e. The number of phenols is 2. The Morgan fingerprint density at radius 1 is 1.25 bits per heavy atom. The van der Waals surface area contributed by atoms with Crippen molar-refractivity contribution in [3.8, 4) is 11.5 Å². The Kier molecular flexibility index (Phi) is 4.84. The largest absolute Gasteiger partial charge is 0.508 e. The molecule has 6 heteroatoms. The smallest absolute Gasteiger partial charge is 0.317 e. The number of pyridine rings is 1. The van der Waals surface area contributed by atoms with Gasteiger partial charge in [-0.05, 0) is 42.0 Å². The molecule has 1 aliphatic rings. The first-order chi connectivity index (χ1) is 11.6. The highest BCUT2D eigenvalue weighted by Crippen LogP contribution is 2.35. The number of carbonyl (C=O) groups is 1. The number of nitrogens with one attached hydrogen (secondary N) is 1. The van der Waals surface area contributed by atoms with Gasteiger partial charge in [0.15, 0.2) is 0 Å². The fourth-order valence-electron chi connectivity index (χ4n) is 3.06. The molecule has 126 valence electrons. The van der Waals surface area contributed by atoms with Crippen LogP contribution in [0.2, 0.25) is 0 Å². The van der Waals surface area contributed by atoms with Crippen molar-refractivity contribution in [2.75, 3.05) is 13.1 Å². The van der Waals surface area contributed by atoms with E-state index in [1.807, 2.05) is 12.1 Å². The maximum atomic E-state index is 12.2. The van der Waals surface area contributed by atoms with E-state index in [0.29, 0.717) is 19.6 Å². The molecule has 3 N–H and O–H groups in total. The molecule has 0 unspecified atom stereocenters. The van der Waals surface area contributed by atoms with E-state index in [1.165, 1.54) is 6.07 Å².